The van der Waals surface area contributed by atoms with Crippen molar-refractivity contribution in [2.24, 2.45) is 0 Å². The summed E-state index contributed by atoms with van der Waals surface area (Å²) in [6.07, 6.45) is 4.18. The van der Waals surface area contributed by atoms with Gasteiger partial charge >= 0.3 is 5.69 Å². The Kier molecular flexibility index (Phi) is 3.08. The van der Waals surface area contributed by atoms with Crippen molar-refractivity contribution in [1.82, 2.24) is 19.6 Å². The van der Waals surface area contributed by atoms with Crippen molar-refractivity contribution >= 4 is 17.4 Å². The van der Waals surface area contributed by atoms with Crippen molar-refractivity contribution in [3.8, 4) is 0 Å². The van der Waals surface area contributed by atoms with E-state index in [4.69, 9.17) is 0 Å². The maximum Gasteiger partial charge on any atom is 0.347 e. The monoisotopic (exact) mass is 272 g/mol. The lowest BCUT2D eigenvalue weighted by Gasteiger charge is -2.06. The van der Waals surface area contributed by atoms with Crippen LogP contribution in [0.2, 0.25) is 0 Å². The zero-order chi connectivity index (χ0) is 13.2. The molecule has 3 aromatic rings. The summed E-state index contributed by atoms with van der Waals surface area (Å²) >= 11 is 1.53. The molecule has 0 spiro atoms. The van der Waals surface area contributed by atoms with Gasteiger partial charge in [0.2, 0.25) is 0 Å². The molecular weight excluding hydrogens is 260 g/mol. The van der Waals surface area contributed by atoms with E-state index in [-0.39, 0.29) is 5.69 Å². The third-order valence-electron chi connectivity index (χ3n) is 2.86. The Hall–Kier alpha value is -2.08. The second kappa shape index (κ2) is 4.89. The minimum absolute atomic E-state index is 0.247. The molecule has 2 heterocycles. The van der Waals surface area contributed by atoms with Gasteiger partial charge in [0.05, 0.1) is 0 Å². The van der Waals surface area contributed by atoms with Crippen LogP contribution in [0, 0.1) is 0 Å². The van der Waals surface area contributed by atoms with Gasteiger partial charge in [0, 0.05) is 17.3 Å². The summed E-state index contributed by atoms with van der Waals surface area (Å²) < 4.78 is 1.46. The number of nitrogens with zero attached hydrogens (tertiary/aromatic N) is 3. The fourth-order valence-corrected chi connectivity index (χ4v) is 2.94. The third-order valence-corrected chi connectivity index (χ3v) is 3.96. The molecule has 0 unspecified atom stereocenters. The zero-order valence-electron chi connectivity index (χ0n) is 10.3. The summed E-state index contributed by atoms with van der Waals surface area (Å²) in [5.74, 6) is 0. The maximum atomic E-state index is 11.5. The number of aryl methyl sites for hydroxylation is 1. The topological polar surface area (TPSA) is 63.1 Å². The molecule has 96 valence electrons. The first-order chi connectivity index (χ1) is 9.29. The molecule has 0 fully saturated rings. The fraction of sp³-hybridized carbons (Fsp3) is 0.154. The maximum absolute atomic E-state index is 11.5. The van der Waals surface area contributed by atoms with Gasteiger partial charge in [0.15, 0.2) is 5.65 Å². The summed E-state index contributed by atoms with van der Waals surface area (Å²) in [7, 11) is 0. The van der Waals surface area contributed by atoms with Crippen LogP contribution in [0.15, 0.2) is 51.4 Å². The lowest BCUT2D eigenvalue weighted by Crippen LogP contribution is -2.08. The number of aromatic amines is 1. The number of benzene rings is 1. The Labute approximate surface area is 113 Å². The Bertz CT molecular complexity index is 777. The van der Waals surface area contributed by atoms with Gasteiger partial charge in [0.1, 0.15) is 5.03 Å². The molecule has 5 nitrogen and oxygen atoms in total. The molecule has 0 atom stereocenters. The molecule has 0 saturated heterocycles. The second-order valence-electron chi connectivity index (χ2n) is 4.02. The van der Waals surface area contributed by atoms with E-state index in [1.54, 1.807) is 12.4 Å². The molecular formula is C13H12N4OS. The molecule has 6 heteroatoms. The van der Waals surface area contributed by atoms with E-state index in [0.717, 1.165) is 16.3 Å². The van der Waals surface area contributed by atoms with Crippen LogP contribution in [0.3, 0.4) is 0 Å². The third kappa shape index (κ3) is 2.15. The number of hydrogen-bond acceptors (Lipinski definition) is 4. The summed E-state index contributed by atoms with van der Waals surface area (Å²) in [6, 6.07) is 8.17. The summed E-state index contributed by atoms with van der Waals surface area (Å²) in [6.45, 7) is 2.12. The van der Waals surface area contributed by atoms with Gasteiger partial charge < -0.3 is 0 Å². The molecule has 0 amide bonds. The molecule has 0 aliphatic heterocycles. The van der Waals surface area contributed by atoms with Crippen LogP contribution >= 0.6 is 11.8 Å². The summed E-state index contributed by atoms with van der Waals surface area (Å²) in [5.41, 5.74) is 1.57. The lowest BCUT2D eigenvalue weighted by atomic mass is 10.2. The van der Waals surface area contributed by atoms with Crippen molar-refractivity contribution in [1.29, 1.82) is 0 Å². The van der Waals surface area contributed by atoms with Gasteiger partial charge in [-0.25, -0.2) is 19.3 Å². The van der Waals surface area contributed by atoms with Crippen LogP contribution in [-0.2, 0) is 6.42 Å². The number of rotatable bonds is 3. The van der Waals surface area contributed by atoms with E-state index in [1.165, 1.54) is 21.7 Å². The molecule has 19 heavy (non-hydrogen) atoms. The second-order valence-corrected chi connectivity index (χ2v) is 5.05. The number of aromatic nitrogens is 4. The normalized spacial score (nSPS) is 11.0. The van der Waals surface area contributed by atoms with Gasteiger partial charge in [0.25, 0.3) is 0 Å². The van der Waals surface area contributed by atoms with Crippen LogP contribution in [0.25, 0.3) is 5.65 Å². The highest BCUT2D eigenvalue weighted by Crippen LogP contribution is 2.30. The molecule has 0 radical (unpaired) electrons. The Morgan fingerprint density at radius 1 is 1.37 bits per heavy atom. The van der Waals surface area contributed by atoms with Gasteiger partial charge in [-0.2, -0.15) is 0 Å². The smallest absolute Gasteiger partial charge is 0.247 e. The minimum Gasteiger partial charge on any atom is -0.247 e. The lowest BCUT2D eigenvalue weighted by molar-refractivity contribution is 0.998. The van der Waals surface area contributed by atoms with Crippen LogP contribution in [0.5, 0.6) is 0 Å². The minimum atomic E-state index is -0.247. The average molecular weight is 272 g/mol. The van der Waals surface area contributed by atoms with Gasteiger partial charge in [-0.05, 0) is 18.1 Å². The number of hydrogen-bond donors (Lipinski definition) is 1. The van der Waals surface area contributed by atoms with E-state index in [1.807, 2.05) is 12.1 Å². The molecule has 0 saturated carbocycles. The highest BCUT2D eigenvalue weighted by molar-refractivity contribution is 7.99. The number of H-pyrrole nitrogens is 1. The molecule has 0 aliphatic rings. The number of nitrogens with one attached hydrogen (secondary N) is 1. The standard InChI is InChI=1S/C13H12N4OS/c1-2-9-5-3-4-6-10(9)19-12-11-15-16-13(18)17(11)8-7-14-12/h3-8H,2H2,1H3,(H,16,18). The largest absolute Gasteiger partial charge is 0.347 e. The predicted octanol–water partition coefficient (Wildman–Crippen LogP) is 2.13. The van der Waals surface area contributed by atoms with Crippen LogP contribution in [0.4, 0.5) is 0 Å². The van der Waals surface area contributed by atoms with Crippen LogP contribution < -0.4 is 5.69 Å². The molecule has 0 aliphatic carbocycles. The van der Waals surface area contributed by atoms with Crippen molar-refractivity contribution in [3.63, 3.8) is 0 Å². The molecule has 3 rings (SSSR count). The van der Waals surface area contributed by atoms with E-state index in [2.05, 4.69) is 34.2 Å². The predicted molar refractivity (Wildman–Crippen MR) is 73.6 cm³/mol. The van der Waals surface area contributed by atoms with E-state index in [9.17, 15) is 4.79 Å². The Balaban J connectivity index is 2.08. The zero-order valence-corrected chi connectivity index (χ0v) is 11.1. The first-order valence-electron chi connectivity index (χ1n) is 5.97. The molecule has 2 aromatic heterocycles. The first-order valence-corrected chi connectivity index (χ1v) is 6.78. The van der Waals surface area contributed by atoms with E-state index >= 15 is 0 Å². The van der Waals surface area contributed by atoms with E-state index < -0.39 is 0 Å². The SMILES string of the molecule is CCc1ccccc1Sc1nccn2c(=O)[nH]nc12. The van der Waals surface area contributed by atoms with Crippen LogP contribution in [0.1, 0.15) is 12.5 Å². The highest BCUT2D eigenvalue weighted by atomic mass is 32.2. The van der Waals surface area contributed by atoms with Gasteiger partial charge in [-0.15, -0.1) is 5.10 Å². The summed E-state index contributed by atoms with van der Waals surface area (Å²) in [5, 5.41) is 7.17. The first kappa shape index (κ1) is 12.0. The van der Waals surface area contributed by atoms with Crippen molar-refractivity contribution in [2.75, 3.05) is 0 Å². The number of fused-ring (bicyclic) bond motifs is 1. The quantitative estimate of drug-likeness (QED) is 0.793. The summed E-state index contributed by atoms with van der Waals surface area (Å²) in [4.78, 5) is 17.0. The Morgan fingerprint density at radius 2 is 2.21 bits per heavy atom. The highest BCUT2D eigenvalue weighted by Gasteiger charge is 2.10. The van der Waals surface area contributed by atoms with Crippen molar-refractivity contribution in [3.05, 3.63) is 52.7 Å². The fourth-order valence-electron chi connectivity index (χ4n) is 1.89. The molecule has 0 bridgehead atoms. The van der Waals surface area contributed by atoms with Crippen molar-refractivity contribution < 1.29 is 0 Å². The van der Waals surface area contributed by atoms with Crippen molar-refractivity contribution in [2.45, 2.75) is 23.3 Å². The Morgan fingerprint density at radius 3 is 3.05 bits per heavy atom. The molecule has 1 N–H and O–H groups in total. The molecule has 1 aromatic carbocycles. The van der Waals surface area contributed by atoms with Crippen LogP contribution in [-0.4, -0.2) is 19.6 Å². The van der Waals surface area contributed by atoms with E-state index in [0.29, 0.717) is 5.65 Å². The van der Waals surface area contributed by atoms with Gasteiger partial charge in [-0.3, -0.25) is 0 Å². The average Bonchev–Trinajstić information content (AvgIpc) is 2.82. The van der Waals surface area contributed by atoms with Gasteiger partial charge in [-0.1, -0.05) is 36.9 Å².